The molecule has 1 aromatic heterocycles. The molecule has 24 heavy (non-hydrogen) atoms. The number of aromatic nitrogens is 3. The molecule has 128 valence electrons. The molecule has 0 spiro atoms. The molecule has 2 aromatic rings. The highest BCUT2D eigenvalue weighted by molar-refractivity contribution is 5.92. The second kappa shape index (κ2) is 7.09. The van der Waals surface area contributed by atoms with E-state index in [0.717, 1.165) is 25.7 Å². The van der Waals surface area contributed by atoms with Crippen molar-refractivity contribution in [3.8, 4) is 5.69 Å². The fourth-order valence-electron chi connectivity index (χ4n) is 3.12. The number of amides is 1. The molecule has 6 nitrogen and oxygen atoms in total. The normalized spacial score (nSPS) is 20.8. The van der Waals surface area contributed by atoms with Crippen molar-refractivity contribution in [1.82, 2.24) is 19.9 Å². The number of hydrogen-bond acceptors (Lipinski definition) is 4. The van der Waals surface area contributed by atoms with E-state index in [4.69, 9.17) is 0 Å². The first-order chi connectivity index (χ1) is 11.6. The SMILES string of the molecule is CN(C(=O)c1cnn(-c2ccc(F)cc2)n1)C1CCC(CO)CC1. The van der Waals surface area contributed by atoms with Crippen LogP contribution in [-0.2, 0) is 0 Å². The summed E-state index contributed by atoms with van der Waals surface area (Å²) in [6.07, 6.45) is 5.07. The minimum Gasteiger partial charge on any atom is -0.396 e. The zero-order valence-electron chi connectivity index (χ0n) is 13.6. The van der Waals surface area contributed by atoms with Gasteiger partial charge >= 0.3 is 0 Å². The monoisotopic (exact) mass is 332 g/mol. The molecule has 1 heterocycles. The Morgan fingerprint density at radius 3 is 2.58 bits per heavy atom. The number of carbonyl (C=O) groups is 1. The minimum atomic E-state index is -0.333. The van der Waals surface area contributed by atoms with E-state index >= 15 is 0 Å². The maximum absolute atomic E-state index is 13.0. The summed E-state index contributed by atoms with van der Waals surface area (Å²) < 4.78 is 13.0. The third-order valence-corrected chi connectivity index (χ3v) is 4.71. The fourth-order valence-corrected chi connectivity index (χ4v) is 3.12. The zero-order chi connectivity index (χ0) is 17.1. The van der Waals surface area contributed by atoms with Crippen molar-refractivity contribution < 1.29 is 14.3 Å². The predicted molar refractivity (Wildman–Crippen MR) is 86.2 cm³/mol. The molecule has 0 radical (unpaired) electrons. The molecule has 1 amide bonds. The first kappa shape index (κ1) is 16.6. The Hall–Kier alpha value is -2.28. The Morgan fingerprint density at radius 1 is 1.29 bits per heavy atom. The first-order valence-corrected chi connectivity index (χ1v) is 8.15. The molecule has 0 saturated heterocycles. The van der Waals surface area contributed by atoms with Gasteiger partial charge in [-0.15, -0.1) is 5.10 Å². The van der Waals surface area contributed by atoms with Crippen LogP contribution in [0.1, 0.15) is 36.2 Å². The van der Waals surface area contributed by atoms with Crippen LogP contribution < -0.4 is 0 Å². The Bertz CT molecular complexity index is 693. The van der Waals surface area contributed by atoms with Crippen LogP contribution in [0.4, 0.5) is 4.39 Å². The Kier molecular flexibility index (Phi) is 4.89. The summed E-state index contributed by atoms with van der Waals surface area (Å²) in [4.78, 5) is 15.6. The quantitative estimate of drug-likeness (QED) is 0.930. The lowest BCUT2D eigenvalue weighted by molar-refractivity contribution is 0.0646. The van der Waals surface area contributed by atoms with Gasteiger partial charge in [0.15, 0.2) is 5.69 Å². The number of aliphatic hydroxyl groups is 1. The average molecular weight is 332 g/mol. The molecule has 0 unspecified atom stereocenters. The third-order valence-electron chi connectivity index (χ3n) is 4.71. The van der Waals surface area contributed by atoms with E-state index in [0.29, 0.717) is 11.6 Å². The van der Waals surface area contributed by atoms with E-state index in [1.807, 2.05) is 0 Å². The Morgan fingerprint density at radius 2 is 1.96 bits per heavy atom. The summed E-state index contributed by atoms with van der Waals surface area (Å²) in [5.41, 5.74) is 0.868. The molecule has 1 aliphatic carbocycles. The van der Waals surface area contributed by atoms with Crippen molar-refractivity contribution in [3.63, 3.8) is 0 Å². The standard InChI is InChI=1S/C17H21FN4O2/c1-21(14-6-2-12(11-23)3-7-14)17(24)16-10-19-22(20-16)15-8-4-13(18)5-9-15/h4-5,8-10,12,14,23H,2-3,6-7,11H2,1H3. The van der Waals surface area contributed by atoms with E-state index in [2.05, 4.69) is 10.2 Å². The molecular formula is C17H21FN4O2. The second-order valence-electron chi connectivity index (χ2n) is 6.27. The maximum atomic E-state index is 13.0. The molecule has 0 bridgehead atoms. The molecule has 0 atom stereocenters. The van der Waals surface area contributed by atoms with Crippen LogP contribution in [0.25, 0.3) is 5.69 Å². The average Bonchev–Trinajstić information content (AvgIpc) is 3.11. The Balaban J connectivity index is 1.68. The summed E-state index contributed by atoms with van der Waals surface area (Å²) >= 11 is 0. The lowest BCUT2D eigenvalue weighted by Crippen LogP contribution is -2.40. The van der Waals surface area contributed by atoms with E-state index < -0.39 is 0 Å². The molecular weight excluding hydrogens is 311 g/mol. The summed E-state index contributed by atoms with van der Waals surface area (Å²) in [5, 5.41) is 17.5. The van der Waals surface area contributed by atoms with Gasteiger partial charge in [0.1, 0.15) is 5.82 Å². The zero-order valence-corrected chi connectivity index (χ0v) is 13.6. The number of halogens is 1. The molecule has 3 rings (SSSR count). The van der Waals surface area contributed by atoms with Gasteiger partial charge in [-0.1, -0.05) is 0 Å². The highest BCUT2D eigenvalue weighted by Gasteiger charge is 2.28. The molecule has 1 N–H and O–H groups in total. The van der Waals surface area contributed by atoms with Crippen molar-refractivity contribution >= 4 is 5.91 Å². The van der Waals surface area contributed by atoms with E-state index in [9.17, 15) is 14.3 Å². The number of carbonyl (C=O) groups excluding carboxylic acids is 1. The van der Waals surface area contributed by atoms with Gasteiger partial charge < -0.3 is 10.0 Å². The number of benzene rings is 1. The molecule has 1 aromatic carbocycles. The largest absolute Gasteiger partial charge is 0.396 e. The van der Waals surface area contributed by atoms with Gasteiger partial charge in [-0.05, 0) is 55.9 Å². The van der Waals surface area contributed by atoms with Crippen LogP contribution >= 0.6 is 0 Å². The van der Waals surface area contributed by atoms with E-state index in [1.54, 1.807) is 24.1 Å². The molecule has 0 aliphatic heterocycles. The molecule has 7 heteroatoms. The maximum Gasteiger partial charge on any atom is 0.276 e. The van der Waals surface area contributed by atoms with Gasteiger partial charge in [0.2, 0.25) is 0 Å². The Labute approximate surface area is 139 Å². The van der Waals surface area contributed by atoms with Crippen LogP contribution in [0.5, 0.6) is 0 Å². The van der Waals surface area contributed by atoms with Crippen LogP contribution in [-0.4, -0.2) is 50.6 Å². The smallest absolute Gasteiger partial charge is 0.276 e. The van der Waals surface area contributed by atoms with Crippen molar-refractivity contribution in [1.29, 1.82) is 0 Å². The highest BCUT2D eigenvalue weighted by Crippen LogP contribution is 2.27. The summed E-state index contributed by atoms with van der Waals surface area (Å²) in [5.74, 6) is -0.152. The third kappa shape index (κ3) is 3.46. The summed E-state index contributed by atoms with van der Waals surface area (Å²) in [7, 11) is 1.78. The molecule has 1 aliphatic rings. The van der Waals surface area contributed by atoms with Gasteiger partial charge in [-0.25, -0.2) is 4.39 Å². The van der Waals surface area contributed by atoms with Gasteiger partial charge in [0.05, 0.1) is 11.9 Å². The fraction of sp³-hybridized carbons (Fsp3) is 0.471. The first-order valence-electron chi connectivity index (χ1n) is 8.15. The van der Waals surface area contributed by atoms with Crippen molar-refractivity contribution in [2.45, 2.75) is 31.7 Å². The van der Waals surface area contributed by atoms with Crippen LogP contribution in [0.15, 0.2) is 30.5 Å². The van der Waals surface area contributed by atoms with Crippen LogP contribution in [0.3, 0.4) is 0 Å². The summed E-state index contributed by atoms with van der Waals surface area (Å²) in [6, 6.07) is 5.93. The van der Waals surface area contributed by atoms with Crippen LogP contribution in [0.2, 0.25) is 0 Å². The van der Waals surface area contributed by atoms with Gasteiger partial charge in [-0.3, -0.25) is 4.79 Å². The molecule has 1 fully saturated rings. The predicted octanol–water partition coefficient (Wildman–Crippen LogP) is 2.03. The highest BCUT2D eigenvalue weighted by atomic mass is 19.1. The topological polar surface area (TPSA) is 71.2 Å². The number of aliphatic hydroxyl groups excluding tert-OH is 1. The van der Waals surface area contributed by atoms with Gasteiger partial charge in [0.25, 0.3) is 5.91 Å². The minimum absolute atomic E-state index is 0.163. The van der Waals surface area contributed by atoms with Crippen molar-refractivity contribution in [2.75, 3.05) is 13.7 Å². The number of rotatable bonds is 4. The van der Waals surface area contributed by atoms with Crippen LogP contribution in [0, 0.1) is 11.7 Å². The van der Waals surface area contributed by atoms with E-state index in [1.165, 1.54) is 23.1 Å². The lowest BCUT2D eigenvalue weighted by atomic mass is 9.86. The number of nitrogens with zero attached hydrogens (tertiary/aromatic N) is 4. The molecule has 1 saturated carbocycles. The van der Waals surface area contributed by atoms with Crippen molar-refractivity contribution in [2.24, 2.45) is 5.92 Å². The van der Waals surface area contributed by atoms with Gasteiger partial charge in [-0.2, -0.15) is 9.90 Å². The summed E-state index contributed by atoms with van der Waals surface area (Å²) in [6.45, 7) is 0.219. The lowest BCUT2D eigenvalue weighted by Gasteiger charge is -2.33. The second-order valence-corrected chi connectivity index (χ2v) is 6.27. The van der Waals surface area contributed by atoms with Crippen molar-refractivity contribution in [3.05, 3.63) is 42.0 Å². The van der Waals surface area contributed by atoms with Gasteiger partial charge in [0, 0.05) is 19.7 Å². The van der Waals surface area contributed by atoms with E-state index in [-0.39, 0.29) is 30.1 Å². The number of hydrogen-bond donors (Lipinski definition) is 1.